The first-order valence-corrected chi connectivity index (χ1v) is 5.93. The molecule has 20 heavy (non-hydrogen) atoms. The fourth-order valence-electron chi connectivity index (χ4n) is 1.55. The fraction of sp³-hybridized carbons (Fsp3) is 0.308. The maximum absolute atomic E-state index is 10.8. The predicted molar refractivity (Wildman–Crippen MR) is 68.1 cm³/mol. The van der Waals surface area contributed by atoms with Crippen LogP contribution in [0.3, 0.4) is 0 Å². The number of rotatable bonds is 3. The van der Waals surface area contributed by atoms with E-state index < -0.39 is 11.8 Å². The third-order valence-corrected chi connectivity index (χ3v) is 2.50. The summed E-state index contributed by atoms with van der Waals surface area (Å²) in [6.07, 6.45) is 4.88. The molecule has 0 aromatic carbocycles. The van der Waals surface area contributed by atoms with E-state index in [1.54, 1.807) is 6.92 Å². The molecule has 4 amide bonds. The van der Waals surface area contributed by atoms with Crippen LogP contribution in [0.1, 0.15) is 13.8 Å². The second-order valence-electron chi connectivity index (χ2n) is 4.05. The van der Waals surface area contributed by atoms with Crippen LogP contribution in [-0.4, -0.2) is 52.3 Å². The summed E-state index contributed by atoms with van der Waals surface area (Å²) in [7, 11) is 0. The monoisotopic (exact) mass is 278 g/mol. The highest BCUT2D eigenvalue weighted by Gasteiger charge is 2.23. The Labute approximate surface area is 115 Å². The summed E-state index contributed by atoms with van der Waals surface area (Å²) in [6, 6.07) is 0. The molecule has 0 aliphatic carbocycles. The summed E-state index contributed by atoms with van der Waals surface area (Å²) < 4.78 is 0. The molecule has 2 heterocycles. The summed E-state index contributed by atoms with van der Waals surface area (Å²) in [5.74, 6) is -1.43. The predicted octanol–water partition coefficient (Wildman–Crippen LogP) is -0.568. The van der Waals surface area contributed by atoms with Crippen molar-refractivity contribution in [1.82, 2.24) is 9.80 Å². The van der Waals surface area contributed by atoms with Gasteiger partial charge in [0.1, 0.15) is 5.78 Å². The number of ketones is 1. The summed E-state index contributed by atoms with van der Waals surface area (Å²) in [5.41, 5.74) is 0. The highest BCUT2D eigenvalue weighted by Crippen LogP contribution is 2.02. The van der Waals surface area contributed by atoms with Gasteiger partial charge in [0.25, 0.3) is 23.6 Å². The maximum atomic E-state index is 10.8. The zero-order valence-electron chi connectivity index (χ0n) is 11.2. The Kier molecular flexibility index (Phi) is 5.08. The van der Waals surface area contributed by atoms with Gasteiger partial charge in [0.15, 0.2) is 0 Å². The molecule has 0 aromatic rings. The van der Waals surface area contributed by atoms with Crippen molar-refractivity contribution in [3.05, 3.63) is 24.3 Å². The lowest BCUT2D eigenvalue weighted by Gasteiger charge is -2.09. The average molecular weight is 278 g/mol. The Bertz CT molecular complexity index is 497. The number of Topliss-reactive ketones (excluding diaryl/α,β-unsaturated/α-hetero) is 1. The minimum absolute atomic E-state index is 0.120. The molecule has 106 valence electrons. The van der Waals surface area contributed by atoms with E-state index in [4.69, 9.17) is 0 Å². The lowest BCUT2D eigenvalue weighted by atomic mass is 10.4. The van der Waals surface area contributed by atoms with Crippen LogP contribution in [0.2, 0.25) is 0 Å². The molecule has 0 saturated carbocycles. The third kappa shape index (κ3) is 3.71. The molecule has 0 saturated heterocycles. The molecule has 0 atom stereocenters. The molecule has 0 fully saturated rings. The van der Waals surface area contributed by atoms with E-state index in [0.29, 0.717) is 6.54 Å². The van der Waals surface area contributed by atoms with Gasteiger partial charge in [0, 0.05) is 30.8 Å². The van der Waals surface area contributed by atoms with Gasteiger partial charge in [-0.2, -0.15) is 0 Å². The number of hydrogen-bond acceptors (Lipinski definition) is 5. The van der Waals surface area contributed by atoms with Crippen LogP contribution < -0.4 is 0 Å². The highest BCUT2D eigenvalue weighted by molar-refractivity contribution is 6.14. The molecule has 0 N–H and O–H groups in total. The van der Waals surface area contributed by atoms with Gasteiger partial charge in [-0.15, -0.1) is 0 Å². The minimum Gasteiger partial charge on any atom is -0.298 e. The number of likely N-dealkylation sites (N-methyl/N-ethyl adjacent to an activating group) is 1. The molecule has 0 aromatic heterocycles. The van der Waals surface area contributed by atoms with Crippen molar-refractivity contribution < 1.29 is 24.0 Å². The Balaban J connectivity index is 0.000000204. The van der Waals surface area contributed by atoms with Crippen molar-refractivity contribution in [3.8, 4) is 0 Å². The lowest BCUT2D eigenvalue weighted by molar-refractivity contribution is -0.140. The van der Waals surface area contributed by atoms with E-state index in [1.807, 2.05) is 0 Å². The van der Waals surface area contributed by atoms with Crippen LogP contribution in [0.5, 0.6) is 0 Å². The van der Waals surface area contributed by atoms with E-state index in [2.05, 4.69) is 0 Å². The molecule has 0 bridgehead atoms. The van der Waals surface area contributed by atoms with Crippen LogP contribution in [0, 0.1) is 0 Å². The fourth-order valence-corrected chi connectivity index (χ4v) is 1.55. The number of imide groups is 2. The van der Waals surface area contributed by atoms with E-state index in [-0.39, 0.29) is 24.1 Å². The van der Waals surface area contributed by atoms with Gasteiger partial charge < -0.3 is 0 Å². The summed E-state index contributed by atoms with van der Waals surface area (Å²) in [5, 5.41) is 0. The quantitative estimate of drug-likeness (QED) is 0.645. The van der Waals surface area contributed by atoms with Gasteiger partial charge in [0.2, 0.25) is 0 Å². The molecular weight excluding hydrogens is 264 g/mol. The minimum atomic E-state index is -0.412. The normalized spacial score (nSPS) is 16.9. The Morgan fingerprint density at radius 3 is 1.45 bits per heavy atom. The van der Waals surface area contributed by atoms with Crippen LogP contribution >= 0.6 is 0 Å². The van der Waals surface area contributed by atoms with Crippen LogP contribution in [-0.2, 0) is 24.0 Å². The first-order valence-electron chi connectivity index (χ1n) is 5.93. The smallest absolute Gasteiger partial charge is 0.254 e. The third-order valence-electron chi connectivity index (χ3n) is 2.50. The molecule has 7 nitrogen and oxygen atoms in total. The SMILES string of the molecule is CC(=O)CN1C(=O)C=CC1=O.CCN1C(=O)C=CC1=O. The molecule has 0 unspecified atom stereocenters. The van der Waals surface area contributed by atoms with Crippen molar-refractivity contribution in [1.29, 1.82) is 0 Å². The van der Waals surface area contributed by atoms with Gasteiger partial charge in [-0.25, -0.2) is 0 Å². The Hall–Kier alpha value is -2.57. The summed E-state index contributed by atoms with van der Waals surface area (Å²) in [6.45, 7) is 3.44. The van der Waals surface area contributed by atoms with Crippen molar-refractivity contribution in [2.24, 2.45) is 0 Å². The highest BCUT2D eigenvalue weighted by atomic mass is 16.2. The standard InChI is InChI=1S/C7H7NO3.C6H7NO2/c1-5(9)4-8-6(10)2-3-7(8)11;1-2-7-5(8)3-4-6(7)9/h2-3H,4H2,1H3;3-4H,2H2,1H3. The molecule has 2 aliphatic heterocycles. The van der Waals surface area contributed by atoms with E-state index >= 15 is 0 Å². The number of hydrogen-bond donors (Lipinski definition) is 0. The topological polar surface area (TPSA) is 91.8 Å². The molecule has 0 radical (unpaired) electrons. The summed E-state index contributed by atoms with van der Waals surface area (Å²) >= 11 is 0. The second-order valence-corrected chi connectivity index (χ2v) is 4.05. The number of amides is 4. The largest absolute Gasteiger partial charge is 0.298 e. The number of carbonyl (C=O) groups is 5. The van der Waals surface area contributed by atoms with Gasteiger partial charge in [0.05, 0.1) is 6.54 Å². The molecule has 2 aliphatic rings. The molecular formula is C13H14N2O5. The molecule has 2 rings (SSSR count). The summed E-state index contributed by atoms with van der Waals surface area (Å²) in [4.78, 5) is 55.4. The van der Waals surface area contributed by atoms with Crippen molar-refractivity contribution in [3.63, 3.8) is 0 Å². The first-order chi connectivity index (χ1) is 9.36. The van der Waals surface area contributed by atoms with E-state index in [0.717, 1.165) is 17.1 Å². The van der Waals surface area contributed by atoms with Crippen molar-refractivity contribution in [2.45, 2.75) is 13.8 Å². The van der Waals surface area contributed by atoms with E-state index in [9.17, 15) is 24.0 Å². The van der Waals surface area contributed by atoms with Crippen LogP contribution in [0.25, 0.3) is 0 Å². The first kappa shape index (κ1) is 15.5. The lowest BCUT2D eigenvalue weighted by Crippen LogP contribution is -2.34. The van der Waals surface area contributed by atoms with Gasteiger partial charge >= 0.3 is 0 Å². The number of carbonyl (C=O) groups excluding carboxylic acids is 5. The zero-order chi connectivity index (χ0) is 15.3. The van der Waals surface area contributed by atoms with Gasteiger partial charge in [-0.05, 0) is 13.8 Å². The number of nitrogens with zero attached hydrogens (tertiary/aromatic N) is 2. The second kappa shape index (κ2) is 6.55. The Morgan fingerprint density at radius 1 is 0.850 bits per heavy atom. The maximum Gasteiger partial charge on any atom is 0.254 e. The van der Waals surface area contributed by atoms with Crippen LogP contribution in [0.15, 0.2) is 24.3 Å². The molecule has 0 spiro atoms. The van der Waals surface area contributed by atoms with Crippen LogP contribution in [0.4, 0.5) is 0 Å². The average Bonchev–Trinajstić information content (AvgIpc) is 2.86. The van der Waals surface area contributed by atoms with Gasteiger partial charge in [-0.3, -0.25) is 33.8 Å². The van der Waals surface area contributed by atoms with Crippen molar-refractivity contribution >= 4 is 29.4 Å². The van der Waals surface area contributed by atoms with E-state index in [1.165, 1.54) is 24.0 Å². The van der Waals surface area contributed by atoms with Crippen molar-refractivity contribution in [2.75, 3.05) is 13.1 Å². The van der Waals surface area contributed by atoms with Gasteiger partial charge in [-0.1, -0.05) is 0 Å². The zero-order valence-corrected chi connectivity index (χ0v) is 11.2. The molecule has 7 heteroatoms. The Morgan fingerprint density at radius 2 is 1.20 bits per heavy atom.